The predicted octanol–water partition coefficient (Wildman–Crippen LogP) is 1.79. The molecule has 8 heteroatoms. The Labute approximate surface area is 146 Å². The van der Waals surface area contributed by atoms with Crippen molar-refractivity contribution in [1.82, 2.24) is 20.3 Å². The van der Waals surface area contributed by atoms with Gasteiger partial charge < -0.3 is 15.3 Å². The van der Waals surface area contributed by atoms with Crippen molar-refractivity contribution in [2.75, 3.05) is 0 Å². The summed E-state index contributed by atoms with van der Waals surface area (Å²) in [6, 6.07) is 4.72. The third-order valence-corrected chi connectivity index (χ3v) is 5.40. The zero-order chi connectivity index (χ0) is 17.6. The summed E-state index contributed by atoms with van der Waals surface area (Å²) in [5.41, 5.74) is 0.857. The molecule has 0 radical (unpaired) electrons. The Bertz CT molecular complexity index is 1100. The zero-order valence-corrected chi connectivity index (χ0v) is 14.3. The lowest BCUT2D eigenvalue weighted by Crippen LogP contribution is -2.31. The Morgan fingerprint density at radius 2 is 2.00 bits per heavy atom. The lowest BCUT2D eigenvalue weighted by Gasteiger charge is -2.22. The molecule has 0 aliphatic heterocycles. The number of fused-ring (bicyclic) bond motifs is 2. The van der Waals surface area contributed by atoms with Gasteiger partial charge in [0.05, 0.1) is 27.8 Å². The largest absolute Gasteiger partial charge is 0.344 e. The van der Waals surface area contributed by atoms with E-state index in [1.54, 1.807) is 29.5 Å². The first-order valence-electron chi connectivity index (χ1n) is 8.05. The van der Waals surface area contributed by atoms with Gasteiger partial charge in [0.1, 0.15) is 0 Å². The van der Waals surface area contributed by atoms with Crippen LogP contribution >= 0.6 is 11.3 Å². The monoisotopic (exact) mass is 356 g/mol. The van der Waals surface area contributed by atoms with Gasteiger partial charge in [-0.1, -0.05) is 0 Å². The number of nitrogens with zero attached hydrogens (tertiary/aromatic N) is 1. The van der Waals surface area contributed by atoms with Gasteiger partial charge in [-0.2, -0.15) is 0 Å². The van der Waals surface area contributed by atoms with E-state index < -0.39 is 11.1 Å². The second-order valence-corrected chi connectivity index (χ2v) is 7.42. The molecule has 2 aromatic heterocycles. The van der Waals surface area contributed by atoms with E-state index in [0.717, 1.165) is 30.0 Å². The van der Waals surface area contributed by atoms with Crippen molar-refractivity contribution in [2.45, 2.75) is 32.2 Å². The fourth-order valence-electron chi connectivity index (χ4n) is 3.18. The van der Waals surface area contributed by atoms with Gasteiger partial charge in [0.25, 0.3) is 5.91 Å². The highest BCUT2D eigenvalue weighted by Gasteiger charge is 2.25. The molecule has 3 aromatic rings. The molecule has 3 N–H and O–H groups in total. The molecule has 0 saturated carbocycles. The number of hydrogen-bond donors (Lipinski definition) is 3. The first-order chi connectivity index (χ1) is 12.0. The van der Waals surface area contributed by atoms with Crippen molar-refractivity contribution in [3.63, 3.8) is 0 Å². The Morgan fingerprint density at radius 1 is 1.24 bits per heavy atom. The molecule has 1 atom stereocenters. The summed E-state index contributed by atoms with van der Waals surface area (Å²) >= 11 is 1.69. The SMILES string of the molecule is Cc1nc2c(s1)CCC[C@@H]2NC(=O)c1ccc2[nH]c(=O)c(=O)[nH]c2c1. The van der Waals surface area contributed by atoms with Gasteiger partial charge in [0, 0.05) is 10.4 Å². The van der Waals surface area contributed by atoms with Crippen LogP contribution in [-0.2, 0) is 6.42 Å². The van der Waals surface area contributed by atoms with Crippen LogP contribution in [0.3, 0.4) is 0 Å². The summed E-state index contributed by atoms with van der Waals surface area (Å²) in [5.74, 6) is -0.225. The summed E-state index contributed by atoms with van der Waals surface area (Å²) in [6.07, 6.45) is 2.89. The van der Waals surface area contributed by atoms with E-state index in [1.807, 2.05) is 6.92 Å². The lowest BCUT2D eigenvalue weighted by molar-refractivity contribution is 0.0932. The number of rotatable bonds is 2. The quantitative estimate of drug-likeness (QED) is 0.608. The lowest BCUT2D eigenvalue weighted by atomic mass is 9.97. The van der Waals surface area contributed by atoms with E-state index in [4.69, 9.17) is 0 Å². The van der Waals surface area contributed by atoms with Gasteiger partial charge in [-0.05, 0) is 44.4 Å². The van der Waals surface area contributed by atoms with Gasteiger partial charge in [-0.3, -0.25) is 14.4 Å². The number of carbonyl (C=O) groups excluding carboxylic acids is 1. The minimum atomic E-state index is -0.736. The molecule has 7 nitrogen and oxygen atoms in total. The number of aryl methyl sites for hydroxylation is 2. The van der Waals surface area contributed by atoms with E-state index in [9.17, 15) is 14.4 Å². The molecule has 0 fully saturated rings. The molecule has 0 unspecified atom stereocenters. The van der Waals surface area contributed by atoms with Crippen molar-refractivity contribution in [3.05, 3.63) is 60.0 Å². The standard InChI is InChI=1S/C17H16N4O3S/c1-8-18-14-11(3-2-4-13(14)25-8)20-15(22)9-5-6-10-12(7-9)21-17(24)16(23)19-10/h5-7,11H,2-4H2,1H3,(H,19,23)(H,20,22)(H,21,24)/t11-/m0/s1. The molecule has 4 rings (SSSR count). The molecule has 0 saturated heterocycles. The number of H-pyrrole nitrogens is 2. The zero-order valence-electron chi connectivity index (χ0n) is 13.5. The third-order valence-electron chi connectivity index (χ3n) is 4.35. The molecule has 1 aliphatic rings. The van der Waals surface area contributed by atoms with Crippen LogP contribution < -0.4 is 16.4 Å². The molecular formula is C17H16N4O3S. The summed E-state index contributed by atoms with van der Waals surface area (Å²) < 4.78 is 0. The second kappa shape index (κ2) is 5.96. The van der Waals surface area contributed by atoms with Gasteiger partial charge in [-0.15, -0.1) is 11.3 Å². The maximum atomic E-state index is 12.6. The van der Waals surface area contributed by atoms with Gasteiger partial charge in [0.2, 0.25) is 0 Å². The average molecular weight is 356 g/mol. The minimum Gasteiger partial charge on any atom is -0.344 e. The Kier molecular flexibility index (Phi) is 3.76. The molecule has 2 heterocycles. The molecule has 1 amide bonds. The van der Waals surface area contributed by atoms with Crippen LogP contribution in [0.2, 0.25) is 0 Å². The van der Waals surface area contributed by atoms with Gasteiger partial charge in [0.15, 0.2) is 0 Å². The van der Waals surface area contributed by atoms with Crippen LogP contribution in [0.15, 0.2) is 27.8 Å². The fourth-order valence-corrected chi connectivity index (χ4v) is 4.22. The van der Waals surface area contributed by atoms with Crippen LogP contribution in [0.1, 0.15) is 44.8 Å². The second-order valence-electron chi connectivity index (χ2n) is 6.13. The first kappa shape index (κ1) is 15.8. The predicted molar refractivity (Wildman–Crippen MR) is 95.2 cm³/mol. The highest BCUT2D eigenvalue weighted by molar-refractivity contribution is 7.11. The van der Waals surface area contributed by atoms with Crippen LogP contribution in [0.25, 0.3) is 11.0 Å². The van der Waals surface area contributed by atoms with E-state index in [1.165, 1.54) is 4.88 Å². The summed E-state index contributed by atoms with van der Waals surface area (Å²) in [4.78, 5) is 46.2. The normalized spacial score (nSPS) is 16.6. The topological polar surface area (TPSA) is 108 Å². The van der Waals surface area contributed by atoms with Crippen LogP contribution in [-0.4, -0.2) is 20.9 Å². The molecule has 1 aliphatic carbocycles. The fraction of sp³-hybridized carbons (Fsp3) is 0.294. The highest BCUT2D eigenvalue weighted by atomic mass is 32.1. The third kappa shape index (κ3) is 2.89. The Balaban J connectivity index is 1.63. The summed E-state index contributed by atoms with van der Waals surface area (Å²) in [6.45, 7) is 1.97. The van der Waals surface area contributed by atoms with Crippen molar-refractivity contribution in [2.24, 2.45) is 0 Å². The number of carbonyl (C=O) groups is 1. The van der Waals surface area contributed by atoms with Crippen molar-refractivity contribution >= 4 is 28.3 Å². The van der Waals surface area contributed by atoms with Crippen molar-refractivity contribution in [3.8, 4) is 0 Å². The number of aromatic amines is 2. The number of benzene rings is 1. The number of thiazole rings is 1. The van der Waals surface area contributed by atoms with Crippen molar-refractivity contribution < 1.29 is 4.79 Å². The number of hydrogen-bond acceptors (Lipinski definition) is 5. The smallest absolute Gasteiger partial charge is 0.314 e. The van der Waals surface area contributed by atoms with Gasteiger partial charge in [-0.25, -0.2) is 4.98 Å². The average Bonchev–Trinajstić information content (AvgIpc) is 2.97. The summed E-state index contributed by atoms with van der Waals surface area (Å²) in [7, 11) is 0. The molecule has 25 heavy (non-hydrogen) atoms. The van der Waals surface area contributed by atoms with Crippen LogP contribution in [0.5, 0.6) is 0 Å². The summed E-state index contributed by atoms with van der Waals surface area (Å²) in [5, 5.41) is 4.05. The molecular weight excluding hydrogens is 340 g/mol. The Hall–Kier alpha value is -2.74. The Morgan fingerprint density at radius 3 is 2.80 bits per heavy atom. The molecule has 128 valence electrons. The minimum absolute atomic E-state index is 0.0912. The van der Waals surface area contributed by atoms with E-state index in [-0.39, 0.29) is 11.9 Å². The van der Waals surface area contributed by atoms with Crippen LogP contribution in [0.4, 0.5) is 0 Å². The molecule has 0 spiro atoms. The molecule has 1 aromatic carbocycles. The van der Waals surface area contributed by atoms with Crippen molar-refractivity contribution in [1.29, 1.82) is 0 Å². The molecule has 0 bridgehead atoms. The maximum Gasteiger partial charge on any atom is 0.314 e. The van der Waals surface area contributed by atoms with E-state index in [0.29, 0.717) is 16.6 Å². The number of aromatic nitrogens is 3. The maximum absolute atomic E-state index is 12.6. The number of nitrogens with one attached hydrogen (secondary N) is 3. The van der Waals surface area contributed by atoms with E-state index in [2.05, 4.69) is 20.3 Å². The van der Waals surface area contributed by atoms with Gasteiger partial charge >= 0.3 is 11.1 Å². The number of amides is 1. The first-order valence-corrected chi connectivity index (χ1v) is 8.86. The van der Waals surface area contributed by atoms with Crippen LogP contribution in [0, 0.1) is 6.92 Å². The highest BCUT2D eigenvalue weighted by Crippen LogP contribution is 2.33. The van der Waals surface area contributed by atoms with E-state index >= 15 is 0 Å².